The van der Waals surface area contributed by atoms with Crippen LogP contribution in [0.15, 0.2) is 11.6 Å². The third kappa shape index (κ3) is 5.08. The SMILES string of the molecule is CC(C)=CCNC(=O)N1CCS(=O)(=O)C[C@@H](C)C1. The van der Waals surface area contributed by atoms with Crippen LogP contribution in [0.3, 0.4) is 0 Å². The highest BCUT2D eigenvalue weighted by atomic mass is 32.2. The third-order valence-corrected chi connectivity index (χ3v) is 4.68. The Morgan fingerprint density at radius 3 is 2.72 bits per heavy atom. The fraction of sp³-hybridized carbons (Fsp3) is 0.750. The van der Waals surface area contributed by atoms with Crippen molar-refractivity contribution in [2.75, 3.05) is 31.1 Å². The average molecular weight is 274 g/mol. The molecule has 0 unspecified atom stereocenters. The maximum atomic E-state index is 11.9. The molecule has 18 heavy (non-hydrogen) atoms. The summed E-state index contributed by atoms with van der Waals surface area (Å²) in [5.74, 6) is 0.227. The number of urea groups is 1. The first kappa shape index (κ1) is 15.0. The van der Waals surface area contributed by atoms with Crippen molar-refractivity contribution in [2.24, 2.45) is 5.92 Å². The molecule has 0 aromatic carbocycles. The summed E-state index contributed by atoms with van der Waals surface area (Å²) >= 11 is 0. The molecule has 1 atom stereocenters. The van der Waals surface area contributed by atoms with Crippen LogP contribution in [0.1, 0.15) is 20.8 Å². The number of amides is 2. The molecule has 1 aliphatic heterocycles. The number of allylic oxidation sites excluding steroid dienone is 1. The molecule has 1 heterocycles. The lowest BCUT2D eigenvalue weighted by Gasteiger charge is -2.22. The van der Waals surface area contributed by atoms with Gasteiger partial charge in [0.2, 0.25) is 0 Å². The molecule has 104 valence electrons. The molecule has 0 saturated carbocycles. The Hall–Kier alpha value is -1.04. The van der Waals surface area contributed by atoms with Gasteiger partial charge in [0.1, 0.15) is 0 Å². The number of nitrogens with zero attached hydrogens (tertiary/aromatic N) is 1. The summed E-state index contributed by atoms with van der Waals surface area (Å²) in [5.41, 5.74) is 1.14. The predicted octanol–water partition coefficient (Wildman–Crippen LogP) is 1.03. The van der Waals surface area contributed by atoms with Gasteiger partial charge >= 0.3 is 6.03 Å². The van der Waals surface area contributed by atoms with Gasteiger partial charge in [-0.05, 0) is 19.8 Å². The van der Waals surface area contributed by atoms with Crippen LogP contribution in [0.4, 0.5) is 4.79 Å². The Bertz CT molecular complexity index is 425. The van der Waals surface area contributed by atoms with E-state index in [-0.39, 0.29) is 30.0 Å². The second kappa shape index (κ2) is 6.22. The molecule has 1 saturated heterocycles. The topological polar surface area (TPSA) is 66.5 Å². The summed E-state index contributed by atoms with van der Waals surface area (Å²) in [6.07, 6.45) is 1.93. The molecule has 1 fully saturated rings. The summed E-state index contributed by atoms with van der Waals surface area (Å²) in [6.45, 7) is 7.06. The first-order valence-electron chi connectivity index (χ1n) is 6.17. The summed E-state index contributed by atoms with van der Waals surface area (Å²) < 4.78 is 23.2. The average Bonchev–Trinajstić information content (AvgIpc) is 2.35. The van der Waals surface area contributed by atoms with E-state index in [9.17, 15) is 13.2 Å². The Morgan fingerprint density at radius 2 is 2.11 bits per heavy atom. The van der Waals surface area contributed by atoms with E-state index in [4.69, 9.17) is 0 Å². The maximum Gasteiger partial charge on any atom is 0.317 e. The van der Waals surface area contributed by atoms with Crippen LogP contribution in [0, 0.1) is 5.92 Å². The summed E-state index contributed by atoms with van der Waals surface area (Å²) in [6, 6.07) is -0.184. The lowest BCUT2D eigenvalue weighted by atomic mass is 10.2. The zero-order valence-corrected chi connectivity index (χ0v) is 12.1. The van der Waals surface area contributed by atoms with E-state index in [0.29, 0.717) is 13.1 Å². The van der Waals surface area contributed by atoms with Gasteiger partial charge in [0.15, 0.2) is 9.84 Å². The van der Waals surface area contributed by atoms with E-state index in [1.165, 1.54) is 0 Å². The molecule has 1 aliphatic rings. The van der Waals surface area contributed by atoms with Gasteiger partial charge < -0.3 is 10.2 Å². The van der Waals surface area contributed by atoms with Gasteiger partial charge in [-0.3, -0.25) is 0 Å². The van der Waals surface area contributed by atoms with E-state index < -0.39 is 9.84 Å². The van der Waals surface area contributed by atoms with Crippen molar-refractivity contribution in [2.45, 2.75) is 20.8 Å². The normalized spacial score (nSPS) is 23.1. The second-order valence-electron chi connectivity index (χ2n) is 5.13. The highest BCUT2D eigenvalue weighted by Crippen LogP contribution is 2.10. The van der Waals surface area contributed by atoms with Crippen LogP contribution in [0.5, 0.6) is 0 Å². The smallest absolute Gasteiger partial charge is 0.317 e. The number of carbonyl (C=O) groups excluding carboxylic acids is 1. The van der Waals surface area contributed by atoms with E-state index in [1.54, 1.807) is 4.90 Å². The van der Waals surface area contributed by atoms with Gasteiger partial charge in [-0.2, -0.15) is 0 Å². The van der Waals surface area contributed by atoms with Gasteiger partial charge in [0.05, 0.1) is 11.5 Å². The Balaban J connectivity index is 2.55. The van der Waals surface area contributed by atoms with Gasteiger partial charge in [-0.1, -0.05) is 18.6 Å². The molecule has 0 aliphatic carbocycles. The number of nitrogens with one attached hydrogen (secondary N) is 1. The van der Waals surface area contributed by atoms with Gasteiger partial charge in [-0.15, -0.1) is 0 Å². The van der Waals surface area contributed by atoms with Crippen molar-refractivity contribution >= 4 is 15.9 Å². The number of hydrogen-bond acceptors (Lipinski definition) is 3. The zero-order chi connectivity index (χ0) is 13.8. The van der Waals surface area contributed by atoms with Gasteiger partial charge in [-0.25, -0.2) is 13.2 Å². The minimum atomic E-state index is -3.00. The number of sulfone groups is 1. The van der Waals surface area contributed by atoms with Crippen LogP contribution in [0.25, 0.3) is 0 Å². The lowest BCUT2D eigenvalue weighted by molar-refractivity contribution is 0.197. The minimum Gasteiger partial charge on any atom is -0.335 e. The molecule has 0 spiro atoms. The van der Waals surface area contributed by atoms with Crippen molar-refractivity contribution in [3.05, 3.63) is 11.6 Å². The molecule has 1 rings (SSSR count). The number of hydrogen-bond donors (Lipinski definition) is 1. The minimum absolute atomic E-state index is 0.00768. The zero-order valence-electron chi connectivity index (χ0n) is 11.3. The van der Waals surface area contributed by atoms with Crippen molar-refractivity contribution < 1.29 is 13.2 Å². The summed E-state index contributed by atoms with van der Waals surface area (Å²) in [4.78, 5) is 13.5. The molecule has 1 N–H and O–H groups in total. The second-order valence-corrected chi connectivity index (χ2v) is 7.36. The van der Waals surface area contributed by atoms with Crippen LogP contribution >= 0.6 is 0 Å². The van der Waals surface area contributed by atoms with Crippen LogP contribution in [0.2, 0.25) is 0 Å². The van der Waals surface area contributed by atoms with E-state index in [0.717, 1.165) is 5.57 Å². The predicted molar refractivity (Wildman–Crippen MR) is 72.2 cm³/mol. The number of carbonyl (C=O) groups is 1. The first-order valence-corrected chi connectivity index (χ1v) is 7.99. The molecule has 0 aromatic heterocycles. The monoisotopic (exact) mass is 274 g/mol. The van der Waals surface area contributed by atoms with Crippen LogP contribution in [-0.2, 0) is 9.84 Å². The van der Waals surface area contributed by atoms with Gasteiger partial charge in [0.25, 0.3) is 0 Å². The summed E-state index contributed by atoms with van der Waals surface area (Å²) in [7, 11) is -3.00. The molecular formula is C12H22N2O3S. The van der Waals surface area contributed by atoms with E-state index >= 15 is 0 Å². The molecule has 0 aromatic rings. The Labute approximate surface area is 109 Å². The standard InChI is InChI=1S/C12H22N2O3S/c1-10(2)4-5-13-12(15)14-6-7-18(16,17)9-11(3)8-14/h4,11H,5-9H2,1-3H3,(H,13,15)/t11-/m0/s1. The van der Waals surface area contributed by atoms with E-state index in [1.807, 2.05) is 26.8 Å². The molecular weight excluding hydrogens is 252 g/mol. The fourth-order valence-electron chi connectivity index (χ4n) is 1.93. The van der Waals surface area contributed by atoms with Gasteiger partial charge in [0, 0.05) is 19.6 Å². The van der Waals surface area contributed by atoms with Crippen LogP contribution in [-0.4, -0.2) is 50.5 Å². The quantitative estimate of drug-likeness (QED) is 0.765. The highest BCUT2D eigenvalue weighted by molar-refractivity contribution is 7.91. The first-order chi connectivity index (χ1) is 8.30. The maximum absolute atomic E-state index is 11.9. The lowest BCUT2D eigenvalue weighted by Crippen LogP contribution is -2.42. The Morgan fingerprint density at radius 1 is 1.44 bits per heavy atom. The largest absolute Gasteiger partial charge is 0.335 e. The summed E-state index contributed by atoms with van der Waals surface area (Å²) in [5, 5.41) is 2.78. The molecule has 0 radical (unpaired) electrons. The molecule has 2 amide bonds. The number of rotatable bonds is 2. The highest BCUT2D eigenvalue weighted by Gasteiger charge is 2.26. The molecule has 0 bridgehead atoms. The van der Waals surface area contributed by atoms with Crippen molar-refractivity contribution in [1.82, 2.24) is 10.2 Å². The van der Waals surface area contributed by atoms with Crippen molar-refractivity contribution in [1.29, 1.82) is 0 Å². The Kier molecular flexibility index (Phi) is 5.19. The molecule has 5 nitrogen and oxygen atoms in total. The van der Waals surface area contributed by atoms with Crippen molar-refractivity contribution in [3.8, 4) is 0 Å². The third-order valence-electron chi connectivity index (χ3n) is 2.79. The van der Waals surface area contributed by atoms with E-state index in [2.05, 4.69) is 5.32 Å². The molecule has 6 heteroatoms. The van der Waals surface area contributed by atoms with Crippen molar-refractivity contribution in [3.63, 3.8) is 0 Å². The van der Waals surface area contributed by atoms with Crippen LogP contribution < -0.4 is 5.32 Å². The fourth-order valence-corrected chi connectivity index (χ4v) is 3.56.